The number of hydrogen-bond acceptors (Lipinski definition) is 0. The summed E-state index contributed by atoms with van der Waals surface area (Å²) in [6, 6.07) is 5.42. The van der Waals surface area contributed by atoms with Gasteiger partial charge in [0.1, 0.15) is 5.82 Å². The van der Waals surface area contributed by atoms with Gasteiger partial charge in [0.2, 0.25) is 0 Å². The molecule has 1 saturated carbocycles. The van der Waals surface area contributed by atoms with Gasteiger partial charge in [-0.1, -0.05) is 18.6 Å². The molecular formula is C11H11BrClF. The fourth-order valence-electron chi connectivity index (χ4n) is 2.07. The first-order chi connectivity index (χ1) is 6.70. The van der Waals surface area contributed by atoms with Gasteiger partial charge in [-0.3, -0.25) is 0 Å². The average Bonchev–Trinajstić information content (AvgIpc) is 2.57. The summed E-state index contributed by atoms with van der Waals surface area (Å²) in [5, 5.41) is 0.0961. The van der Waals surface area contributed by atoms with Gasteiger partial charge in [0, 0.05) is 11.3 Å². The lowest BCUT2D eigenvalue weighted by atomic mass is 9.97. The van der Waals surface area contributed by atoms with Crippen LogP contribution in [-0.4, -0.2) is 5.38 Å². The van der Waals surface area contributed by atoms with Crippen molar-refractivity contribution >= 4 is 27.5 Å². The van der Waals surface area contributed by atoms with Crippen molar-refractivity contribution < 1.29 is 4.39 Å². The number of rotatable bonds is 1. The first-order valence-corrected chi connectivity index (χ1v) is 6.01. The molecule has 1 aliphatic rings. The second-order valence-corrected chi connectivity index (χ2v) is 5.11. The van der Waals surface area contributed by atoms with Crippen molar-refractivity contribution in [3.8, 4) is 0 Å². The molecule has 0 saturated heterocycles. The smallest absolute Gasteiger partial charge is 0.140 e. The van der Waals surface area contributed by atoms with Crippen molar-refractivity contribution in [2.24, 2.45) is 0 Å². The Kier molecular flexibility index (Phi) is 3.13. The minimum absolute atomic E-state index is 0.0961. The number of halogens is 3. The van der Waals surface area contributed by atoms with Crippen LogP contribution in [0.2, 0.25) is 0 Å². The van der Waals surface area contributed by atoms with E-state index in [-0.39, 0.29) is 17.1 Å². The molecule has 0 amide bonds. The highest BCUT2D eigenvalue weighted by Crippen LogP contribution is 2.40. The first-order valence-electron chi connectivity index (χ1n) is 4.78. The van der Waals surface area contributed by atoms with E-state index < -0.39 is 0 Å². The molecule has 0 aliphatic heterocycles. The van der Waals surface area contributed by atoms with Gasteiger partial charge in [-0.2, -0.15) is 0 Å². The molecule has 2 unspecified atom stereocenters. The molecule has 2 rings (SSSR count). The summed E-state index contributed by atoms with van der Waals surface area (Å²) in [6.07, 6.45) is 3.10. The Hall–Kier alpha value is -0.0800. The van der Waals surface area contributed by atoms with Gasteiger partial charge in [-0.25, -0.2) is 4.39 Å². The lowest BCUT2D eigenvalue weighted by Gasteiger charge is -2.15. The summed E-state index contributed by atoms with van der Waals surface area (Å²) in [6.45, 7) is 0. The van der Waals surface area contributed by atoms with Crippen LogP contribution in [0.1, 0.15) is 30.7 Å². The number of alkyl halides is 1. The van der Waals surface area contributed by atoms with Crippen LogP contribution in [0.3, 0.4) is 0 Å². The van der Waals surface area contributed by atoms with E-state index in [9.17, 15) is 4.39 Å². The van der Waals surface area contributed by atoms with Crippen LogP contribution >= 0.6 is 27.5 Å². The zero-order chi connectivity index (χ0) is 10.1. The summed E-state index contributed by atoms with van der Waals surface area (Å²) in [4.78, 5) is 0. The molecule has 0 bridgehead atoms. The largest absolute Gasteiger partial charge is 0.205 e. The summed E-state index contributed by atoms with van der Waals surface area (Å²) < 4.78 is 14.3. The SMILES string of the molecule is Fc1c(Br)cccc1C1CCCC1Cl. The van der Waals surface area contributed by atoms with Crippen LogP contribution < -0.4 is 0 Å². The topological polar surface area (TPSA) is 0 Å². The molecule has 1 aliphatic carbocycles. The fraction of sp³-hybridized carbons (Fsp3) is 0.455. The Morgan fingerprint density at radius 1 is 1.36 bits per heavy atom. The Labute approximate surface area is 96.6 Å². The Balaban J connectivity index is 2.36. The standard InChI is InChI=1S/C11H11BrClF/c12-9-5-1-4-8(11(9)14)7-3-2-6-10(7)13/h1,4-5,7,10H,2-3,6H2. The van der Waals surface area contributed by atoms with E-state index in [0.29, 0.717) is 4.47 Å². The minimum atomic E-state index is -0.148. The third kappa shape index (κ3) is 1.82. The summed E-state index contributed by atoms with van der Waals surface area (Å²) in [5.41, 5.74) is 0.761. The molecule has 0 spiro atoms. The minimum Gasteiger partial charge on any atom is -0.205 e. The predicted octanol–water partition coefficient (Wildman–Crippen LogP) is 4.46. The molecule has 0 heterocycles. The Bertz CT molecular complexity index is 340. The normalized spacial score (nSPS) is 26.8. The third-order valence-corrected chi connectivity index (χ3v) is 3.95. The van der Waals surface area contributed by atoms with E-state index in [4.69, 9.17) is 11.6 Å². The summed E-state index contributed by atoms with van der Waals surface area (Å²) >= 11 is 9.35. The van der Waals surface area contributed by atoms with E-state index in [2.05, 4.69) is 15.9 Å². The van der Waals surface area contributed by atoms with Crippen LogP contribution in [0, 0.1) is 5.82 Å². The van der Waals surface area contributed by atoms with Crippen LogP contribution in [-0.2, 0) is 0 Å². The second-order valence-electron chi connectivity index (χ2n) is 3.70. The number of benzene rings is 1. The van der Waals surface area contributed by atoms with E-state index in [1.54, 1.807) is 6.07 Å². The summed E-state index contributed by atoms with van der Waals surface area (Å²) in [5.74, 6) is 0.0409. The van der Waals surface area contributed by atoms with Crippen molar-refractivity contribution in [1.82, 2.24) is 0 Å². The predicted molar refractivity (Wildman–Crippen MR) is 60.3 cm³/mol. The number of hydrogen-bond donors (Lipinski definition) is 0. The lowest BCUT2D eigenvalue weighted by Crippen LogP contribution is -2.07. The highest BCUT2D eigenvalue weighted by Gasteiger charge is 2.29. The van der Waals surface area contributed by atoms with Gasteiger partial charge < -0.3 is 0 Å². The lowest BCUT2D eigenvalue weighted by molar-refractivity contribution is 0.576. The molecule has 2 atom stereocenters. The van der Waals surface area contributed by atoms with Gasteiger partial charge in [0.05, 0.1) is 4.47 Å². The highest BCUT2D eigenvalue weighted by atomic mass is 79.9. The Morgan fingerprint density at radius 3 is 2.79 bits per heavy atom. The van der Waals surface area contributed by atoms with Gasteiger partial charge >= 0.3 is 0 Å². The van der Waals surface area contributed by atoms with Crippen molar-refractivity contribution in [1.29, 1.82) is 0 Å². The van der Waals surface area contributed by atoms with Crippen molar-refractivity contribution in [3.05, 3.63) is 34.1 Å². The zero-order valence-corrected chi connectivity index (χ0v) is 9.98. The molecule has 76 valence electrons. The quantitative estimate of drug-likeness (QED) is 0.665. The maximum absolute atomic E-state index is 13.7. The van der Waals surface area contributed by atoms with E-state index >= 15 is 0 Å². The van der Waals surface area contributed by atoms with E-state index in [1.165, 1.54) is 0 Å². The summed E-state index contributed by atoms with van der Waals surface area (Å²) in [7, 11) is 0. The molecule has 1 fully saturated rings. The monoisotopic (exact) mass is 276 g/mol. The van der Waals surface area contributed by atoms with Crippen LogP contribution in [0.25, 0.3) is 0 Å². The van der Waals surface area contributed by atoms with Gasteiger partial charge in [0.15, 0.2) is 0 Å². The molecule has 0 aromatic heterocycles. The Morgan fingerprint density at radius 2 is 2.14 bits per heavy atom. The van der Waals surface area contributed by atoms with Crippen LogP contribution in [0.4, 0.5) is 4.39 Å². The van der Waals surface area contributed by atoms with Gasteiger partial charge in [-0.15, -0.1) is 11.6 Å². The van der Waals surface area contributed by atoms with Crippen LogP contribution in [0.5, 0.6) is 0 Å². The molecule has 0 nitrogen and oxygen atoms in total. The molecule has 3 heteroatoms. The van der Waals surface area contributed by atoms with Crippen molar-refractivity contribution in [2.45, 2.75) is 30.6 Å². The second kappa shape index (κ2) is 4.19. The van der Waals surface area contributed by atoms with Gasteiger partial charge in [0.25, 0.3) is 0 Å². The van der Waals surface area contributed by atoms with E-state index in [1.807, 2.05) is 12.1 Å². The zero-order valence-electron chi connectivity index (χ0n) is 7.64. The molecule has 0 N–H and O–H groups in total. The van der Waals surface area contributed by atoms with Crippen molar-refractivity contribution in [2.75, 3.05) is 0 Å². The van der Waals surface area contributed by atoms with Crippen LogP contribution in [0.15, 0.2) is 22.7 Å². The highest BCUT2D eigenvalue weighted by molar-refractivity contribution is 9.10. The van der Waals surface area contributed by atoms with Crippen molar-refractivity contribution in [3.63, 3.8) is 0 Å². The first kappa shape index (κ1) is 10.4. The third-order valence-electron chi connectivity index (χ3n) is 2.81. The fourth-order valence-corrected chi connectivity index (χ4v) is 2.87. The molecule has 0 radical (unpaired) electrons. The maximum atomic E-state index is 13.7. The maximum Gasteiger partial charge on any atom is 0.140 e. The molecule has 14 heavy (non-hydrogen) atoms. The van der Waals surface area contributed by atoms with E-state index in [0.717, 1.165) is 24.8 Å². The molecule has 1 aromatic rings. The molecular weight excluding hydrogens is 266 g/mol. The molecule has 1 aromatic carbocycles. The average molecular weight is 278 g/mol. The van der Waals surface area contributed by atoms with Gasteiger partial charge in [-0.05, 0) is 40.4 Å².